The van der Waals surface area contributed by atoms with E-state index in [1.54, 1.807) is 0 Å². The highest BCUT2D eigenvalue weighted by molar-refractivity contribution is 7.80. The van der Waals surface area contributed by atoms with Crippen LogP contribution in [0.25, 0.3) is 22.3 Å². The molecule has 0 unspecified atom stereocenters. The van der Waals surface area contributed by atoms with E-state index in [1.165, 1.54) is 16.7 Å². The number of aliphatic imine (C=N–C) groups is 1. The molecule has 0 saturated heterocycles. The van der Waals surface area contributed by atoms with Crippen LogP contribution >= 0.6 is 12.6 Å². The Labute approximate surface area is 164 Å². The summed E-state index contributed by atoms with van der Waals surface area (Å²) in [7, 11) is 0. The quantitative estimate of drug-likeness (QED) is 0.315. The van der Waals surface area contributed by atoms with Crippen molar-refractivity contribution in [2.75, 3.05) is 0 Å². The van der Waals surface area contributed by atoms with E-state index in [4.69, 9.17) is 17.6 Å². The predicted octanol–water partition coefficient (Wildman–Crippen LogP) is 6.79. The van der Waals surface area contributed by atoms with Gasteiger partial charge in [-0.3, -0.25) is 0 Å². The van der Waals surface area contributed by atoms with Crippen molar-refractivity contribution in [2.45, 2.75) is 4.90 Å². The summed E-state index contributed by atoms with van der Waals surface area (Å²) in [6.07, 6.45) is 0. The van der Waals surface area contributed by atoms with E-state index in [0.717, 1.165) is 33.0 Å². The molecule has 0 atom stereocenters. The molecular formula is C25H17NS. The van der Waals surface area contributed by atoms with E-state index in [9.17, 15) is 0 Å². The lowest BCUT2D eigenvalue weighted by Crippen LogP contribution is -2.08. The molecule has 0 bridgehead atoms. The lowest BCUT2D eigenvalue weighted by Gasteiger charge is -2.21. The molecule has 1 aliphatic heterocycles. The Morgan fingerprint density at radius 2 is 0.889 bits per heavy atom. The van der Waals surface area contributed by atoms with Crippen LogP contribution in [0.5, 0.6) is 0 Å². The molecule has 0 aromatic heterocycles. The highest BCUT2D eigenvalue weighted by atomic mass is 32.1. The van der Waals surface area contributed by atoms with Crippen LogP contribution in [0.15, 0.2) is 107 Å². The fourth-order valence-corrected chi connectivity index (χ4v) is 4.00. The predicted molar refractivity (Wildman–Crippen MR) is 116 cm³/mol. The highest BCUT2D eigenvalue weighted by Gasteiger charge is 2.21. The maximum atomic E-state index is 5.14. The van der Waals surface area contributed by atoms with E-state index in [1.807, 2.05) is 24.3 Å². The molecule has 4 aromatic carbocycles. The second-order valence-electron chi connectivity index (χ2n) is 6.59. The third-order valence-electron chi connectivity index (χ3n) is 4.99. The van der Waals surface area contributed by atoms with Gasteiger partial charge in [-0.2, -0.15) is 0 Å². The van der Waals surface area contributed by atoms with Crippen LogP contribution in [0.2, 0.25) is 0 Å². The van der Waals surface area contributed by atoms with Crippen molar-refractivity contribution in [3.8, 4) is 22.3 Å². The maximum absolute atomic E-state index is 5.14. The van der Waals surface area contributed by atoms with E-state index >= 15 is 0 Å². The average Bonchev–Trinajstić information content (AvgIpc) is 2.72. The summed E-state index contributed by atoms with van der Waals surface area (Å²) in [5.74, 6) is 0. The first kappa shape index (κ1) is 16.1. The van der Waals surface area contributed by atoms with Crippen molar-refractivity contribution >= 4 is 24.0 Å². The van der Waals surface area contributed by atoms with Gasteiger partial charge in [-0.15, -0.1) is 12.6 Å². The van der Waals surface area contributed by atoms with E-state index in [0.29, 0.717) is 0 Å². The Bertz CT molecular complexity index is 1190. The van der Waals surface area contributed by atoms with Gasteiger partial charge in [0.25, 0.3) is 0 Å². The molecule has 128 valence electrons. The zero-order chi connectivity index (χ0) is 18.2. The zero-order valence-electron chi connectivity index (χ0n) is 14.6. The first-order valence-electron chi connectivity index (χ1n) is 8.98. The minimum absolute atomic E-state index is 0.928. The number of hydrogen-bond acceptors (Lipinski definition) is 2. The molecular weight excluding hydrogens is 346 g/mol. The van der Waals surface area contributed by atoms with Crippen molar-refractivity contribution < 1.29 is 0 Å². The Kier molecular flexibility index (Phi) is 3.92. The topological polar surface area (TPSA) is 12.4 Å². The molecule has 2 heteroatoms. The van der Waals surface area contributed by atoms with Crippen molar-refractivity contribution in [3.63, 3.8) is 0 Å². The molecule has 0 N–H and O–H groups in total. The molecule has 0 amide bonds. The van der Waals surface area contributed by atoms with Gasteiger partial charge < -0.3 is 0 Å². The second kappa shape index (κ2) is 6.57. The van der Waals surface area contributed by atoms with Crippen LogP contribution in [0, 0.1) is 0 Å². The van der Waals surface area contributed by atoms with Gasteiger partial charge in [-0.1, -0.05) is 84.9 Å². The van der Waals surface area contributed by atoms with Gasteiger partial charge in [0.15, 0.2) is 0 Å². The maximum Gasteiger partial charge on any atom is 0.0799 e. The van der Waals surface area contributed by atoms with Crippen LogP contribution in [0.3, 0.4) is 0 Å². The number of nitrogens with zero attached hydrogens (tertiary/aromatic N) is 1. The Hall–Kier alpha value is -3.10. The van der Waals surface area contributed by atoms with Gasteiger partial charge in [0.1, 0.15) is 0 Å². The molecule has 5 rings (SSSR count). The number of para-hydroxylation sites is 1. The van der Waals surface area contributed by atoms with Crippen LogP contribution in [0.4, 0.5) is 5.69 Å². The summed E-state index contributed by atoms with van der Waals surface area (Å²) < 4.78 is 0. The summed E-state index contributed by atoms with van der Waals surface area (Å²) in [5, 5.41) is 0. The number of thiol groups is 1. The monoisotopic (exact) mass is 363 g/mol. The molecule has 0 aliphatic carbocycles. The van der Waals surface area contributed by atoms with Crippen molar-refractivity contribution in [1.29, 1.82) is 0 Å². The molecule has 1 aliphatic rings. The van der Waals surface area contributed by atoms with Crippen LogP contribution in [-0.4, -0.2) is 5.71 Å². The van der Waals surface area contributed by atoms with E-state index < -0.39 is 0 Å². The standard InChI is InChI=1S/C25H17NS/c27-24-16-8-6-14-22(24)25-21-13-4-3-11-19(21)17-9-1-2-10-18(17)20-12-5-7-15-23(20)26-25/h1-16,27H. The van der Waals surface area contributed by atoms with Crippen LogP contribution in [-0.2, 0) is 0 Å². The van der Waals surface area contributed by atoms with Gasteiger partial charge in [0.2, 0.25) is 0 Å². The van der Waals surface area contributed by atoms with Gasteiger partial charge in [-0.25, -0.2) is 4.99 Å². The normalized spacial score (nSPS) is 12.1. The molecule has 0 fully saturated rings. The van der Waals surface area contributed by atoms with Crippen LogP contribution in [0.1, 0.15) is 11.1 Å². The number of benzene rings is 4. The van der Waals surface area contributed by atoms with Gasteiger partial charge in [-0.05, 0) is 28.8 Å². The first-order valence-corrected chi connectivity index (χ1v) is 9.43. The highest BCUT2D eigenvalue weighted by Crippen LogP contribution is 2.42. The molecule has 0 radical (unpaired) electrons. The lowest BCUT2D eigenvalue weighted by molar-refractivity contribution is 1.38. The van der Waals surface area contributed by atoms with E-state index in [2.05, 4.69) is 72.8 Å². The third kappa shape index (κ3) is 2.70. The zero-order valence-corrected chi connectivity index (χ0v) is 15.5. The Balaban J connectivity index is 1.93. The molecule has 27 heavy (non-hydrogen) atoms. The second-order valence-corrected chi connectivity index (χ2v) is 7.07. The Morgan fingerprint density at radius 3 is 1.56 bits per heavy atom. The minimum Gasteiger partial charge on any atom is -0.247 e. The summed E-state index contributed by atoms with van der Waals surface area (Å²) in [4.78, 5) is 6.07. The molecule has 0 saturated carbocycles. The number of hydrogen-bond donors (Lipinski definition) is 1. The summed E-state index contributed by atoms with van der Waals surface area (Å²) in [5.41, 5.74) is 8.88. The number of fused-ring (bicyclic) bond motifs is 5. The summed E-state index contributed by atoms with van der Waals surface area (Å²) in [6.45, 7) is 0. The molecule has 1 heterocycles. The molecule has 4 aromatic rings. The van der Waals surface area contributed by atoms with Gasteiger partial charge in [0, 0.05) is 21.6 Å². The third-order valence-corrected chi connectivity index (χ3v) is 5.38. The fraction of sp³-hybridized carbons (Fsp3) is 0. The average molecular weight is 363 g/mol. The largest absolute Gasteiger partial charge is 0.247 e. The SMILES string of the molecule is Sc1ccccc1C1=Nc2ccccc2-c2ccccc2-c2ccccc21. The van der Waals surface area contributed by atoms with Crippen molar-refractivity contribution in [1.82, 2.24) is 0 Å². The number of rotatable bonds is 1. The molecule has 0 spiro atoms. The first-order chi connectivity index (χ1) is 13.3. The van der Waals surface area contributed by atoms with Crippen molar-refractivity contribution in [2.24, 2.45) is 4.99 Å². The van der Waals surface area contributed by atoms with E-state index in [-0.39, 0.29) is 0 Å². The summed E-state index contributed by atoms with van der Waals surface area (Å²) in [6, 6.07) is 33.6. The lowest BCUT2D eigenvalue weighted by atomic mass is 9.87. The fourth-order valence-electron chi connectivity index (χ4n) is 3.74. The van der Waals surface area contributed by atoms with Crippen LogP contribution < -0.4 is 0 Å². The Morgan fingerprint density at radius 1 is 0.444 bits per heavy atom. The van der Waals surface area contributed by atoms with Gasteiger partial charge >= 0.3 is 0 Å². The minimum atomic E-state index is 0.928. The van der Waals surface area contributed by atoms with Gasteiger partial charge in [0.05, 0.1) is 11.4 Å². The molecule has 1 nitrogen and oxygen atoms in total. The smallest absolute Gasteiger partial charge is 0.0799 e. The van der Waals surface area contributed by atoms with Crippen molar-refractivity contribution in [3.05, 3.63) is 108 Å². The summed E-state index contributed by atoms with van der Waals surface area (Å²) >= 11 is 4.71.